The van der Waals surface area contributed by atoms with Crippen molar-refractivity contribution in [3.63, 3.8) is 0 Å². The van der Waals surface area contributed by atoms with E-state index in [0.29, 0.717) is 46.0 Å². The number of rotatable bonds is 24. The second-order valence-corrected chi connectivity index (χ2v) is 19.7. The van der Waals surface area contributed by atoms with Crippen molar-refractivity contribution in [2.45, 2.75) is 101 Å². The molecule has 412 valence electrons. The average molecular weight is 1110 g/mol. The molecule has 0 spiro atoms. The van der Waals surface area contributed by atoms with E-state index in [2.05, 4.69) is 30.6 Å². The average Bonchev–Trinajstić information content (AvgIpc) is 3.97. The van der Waals surface area contributed by atoms with Crippen LogP contribution in [0.2, 0.25) is 0 Å². The summed E-state index contributed by atoms with van der Waals surface area (Å²) in [5, 5.41) is 5.34. The number of nitrogens with one attached hydrogen (secondary N) is 2. The minimum absolute atomic E-state index is 0.00581. The molecule has 6 aromatic rings. The molecule has 4 aromatic heterocycles. The maximum atomic E-state index is 13.8. The van der Waals surface area contributed by atoms with Crippen molar-refractivity contribution in [1.82, 2.24) is 39.7 Å². The highest BCUT2D eigenvalue weighted by atomic mass is 32.2. The molecule has 0 saturated carbocycles. The Hall–Kier alpha value is -6.71. The lowest BCUT2D eigenvalue weighted by Crippen LogP contribution is -2.37. The number of para-hydroxylation sites is 2. The van der Waals surface area contributed by atoms with E-state index in [9.17, 15) is 49.1 Å². The summed E-state index contributed by atoms with van der Waals surface area (Å²) in [6.07, 6.45) is -7.88. The fourth-order valence-corrected chi connectivity index (χ4v) is 9.97. The summed E-state index contributed by atoms with van der Waals surface area (Å²) >= 11 is 0. The first-order valence-electron chi connectivity index (χ1n) is 23.7. The first-order chi connectivity index (χ1) is 36.1. The monoisotopic (exact) mass is 1110 g/mol. The number of halogens is 6. The van der Waals surface area contributed by atoms with Gasteiger partial charge >= 0.3 is 30.6 Å². The number of alkyl halides is 6. The van der Waals surface area contributed by atoms with Crippen LogP contribution < -0.4 is 20.1 Å². The van der Waals surface area contributed by atoms with E-state index in [1.54, 1.807) is 50.2 Å². The topological polar surface area (TPSA) is 226 Å². The zero-order valence-corrected chi connectivity index (χ0v) is 43.8. The van der Waals surface area contributed by atoms with Gasteiger partial charge in [0.25, 0.3) is 0 Å². The number of aromatic nitrogens is 6. The molecule has 2 aromatic carbocycles. The lowest BCUT2D eigenvalue weighted by molar-refractivity contribution is -0.154. The molecule has 2 unspecified atom stereocenters. The zero-order valence-electron chi connectivity index (χ0n) is 42.2. The normalized spacial score (nSPS) is 13.5. The molecule has 0 saturated heterocycles. The van der Waals surface area contributed by atoms with E-state index in [1.165, 1.54) is 47.5 Å². The van der Waals surface area contributed by atoms with Gasteiger partial charge in [-0.05, 0) is 75.9 Å². The maximum absolute atomic E-state index is 13.8. The van der Waals surface area contributed by atoms with Gasteiger partial charge < -0.3 is 39.1 Å². The van der Waals surface area contributed by atoms with Crippen molar-refractivity contribution < 1.29 is 77.6 Å². The summed E-state index contributed by atoms with van der Waals surface area (Å²) in [7, 11) is -4.00. The standard InChI is InChI=1S/C49H56F6N8O11S2/c1-7-33(23-58-43(64)62-37-13-9-11-29(3)41(37)60-45(62)75(67)25-35-31(5)39(15-17-56-35)73-27-48(50,51)52)69-19-21-71-47(66)72-22-20-70-34(8-2)24-59-44(65)63-38-14-10-12-30(4)42(38)61-46(63)76(68)26-36-32(6)40(16-18-57-36)74-28-49(53,54)55/h9-18,33-34H,7-8,19-28H2,1-6H3,(H,58,64)(H,59,65)/t33-,34-,75?,76?/m1/s1. The number of benzene rings is 2. The van der Waals surface area contributed by atoms with Gasteiger partial charge in [-0.25, -0.2) is 33.5 Å². The smallest absolute Gasteiger partial charge is 0.484 e. The number of carbonyl (C=O) groups excluding carboxylic acids is 3. The Kier molecular flexibility index (Phi) is 20.3. The molecule has 0 aliphatic carbocycles. The molecule has 6 rings (SSSR count). The predicted octanol–water partition coefficient (Wildman–Crippen LogP) is 8.47. The first-order valence-corrected chi connectivity index (χ1v) is 26.3. The van der Waals surface area contributed by atoms with Crippen molar-refractivity contribution >= 4 is 61.9 Å². The fourth-order valence-electron chi connectivity index (χ4n) is 7.48. The second-order valence-electron chi connectivity index (χ2n) is 17.0. The molecule has 4 heterocycles. The number of pyridine rings is 2. The second kappa shape index (κ2) is 26.4. The summed E-state index contributed by atoms with van der Waals surface area (Å²) in [5.74, 6) is -0.706. The van der Waals surface area contributed by atoms with Gasteiger partial charge in [0.2, 0.25) is 10.3 Å². The maximum Gasteiger partial charge on any atom is 0.508 e. The molecule has 27 heteroatoms. The molecule has 0 aliphatic rings. The SMILES string of the molecule is CC[C@H](CNC(=O)n1c(S(=O)Cc2nccc(OCC(F)(F)F)c2C)nc2c(C)cccc21)OCCOC(=O)OCCO[C@H](CC)CNC(=O)n1c(S(=O)Cc2nccc(OCC(F)(F)F)c2C)nc2c(C)cccc21. The van der Waals surface area contributed by atoms with Crippen LogP contribution in [0.5, 0.6) is 11.5 Å². The zero-order chi connectivity index (χ0) is 55.3. The molecular formula is C49H56F6N8O11S2. The highest BCUT2D eigenvalue weighted by molar-refractivity contribution is 7.84. The summed E-state index contributed by atoms with van der Waals surface area (Å²) < 4.78 is 139. The Morgan fingerprint density at radius 1 is 0.605 bits per heavy atom. The molecule has 0 radical (unpaired) electrons. The van der Waals surface area contributed by atoms with Crippen LogP contribution in [0, 0.1) is 27.7 Å². The van der Waals surface area contributed by atoms with Gasteiger partial charge in [0, 0.05) is 36.6 Å². The van der Waals surface area contributed by atoms with Crippen LogP contribution >= 0.6 is 0 Å². The molecule has 0 fully saturated rings. The summed E-state index contributed by atoms with van der Waals surface area (Å²) in [6.45, 7) is 6.58. The molecule has 4 atom stereocenters. The van der Waals surface area contributed by atoms with Crippen molar-refractivity contribution in [1.29, 1.82) is 0 Å². The van der Waals surface area contributed by atoms with Gasteiger partial charge in [0.1, 0.15) is 24.7 Å². The quantitative estimate of drug-likeness (QED) is 0.0329. The van der Waals surface area contributed by atoms with Gasteiger partial charge in [0.05, 0.1) is 92.0 Å². The minimum atomic E-state index is -4.57. The third-order valence-electron chi connectivity index (χ3n) is 11.5. The van der Waals surface area contributed by atoms with Crippen LogP contribution in [0.1, 0.15) is 60.3 Å². The Labute approximate surface area is 437 Å². The van der Waals surface area contributed by atoms with Gasteiger partial charge in [-0.3, -0.25) is 18.4 Å². The van der Waals surface area contributed by atoms with Crippen LogP contribution in [0.3, 0.4) is 0 Å². The van der Waals surface area contributed by atoms with E-state index < -0.39 is 77.6 Å². The molecule has 2 amide bonds. The lowest BCUT2D eigenvalue weighted by atomic mass is 10.2. The van der Waals surface area contributed by atoms with Crippen molar-refractivity contribution in [3.8, 4) is 11.5 Å². The Morgan fingerprint density at radius 2 is 1.00 bits per heavy atom. The predicted molar refractivity (Wildman–Crippen MR) is 265 cm³/mol. The van der Waals surface area contributed by atoms with E-state index in [0.717, 1.165) is 0 Å². The van der Waals surface area contributed by atoms with E-state index in [4.69, 9.17) is 28.4 Å². The Morgan fingerprint density at radius 3 is 1.37 bits per heavy atom. The first kappa shape index (κ1) is 58.5. The van der Waals surface area contributed by atoms with Crippen LogP contribution in [0.25, 0.3) is 22.1 Å². The largest absolute Gasteiger partial charge is 0.508 e. The number of amides is 2. The molecule has 19 nitrogen and oxygen atoms in total. The van der Waals surface area contributed by atoms with Crippen LogP contribution in [-0.4, -0.2) is 133 Å². The minimum Gasteiger partial charge on any atom is -0.484 e. The van der Waals surface area contributed by atoms with Crippen LogP contribution in [-0.2, 0) is 52.1 Å². The number of hydrogen-bond acceptors (Lipinski definition) is 15. The number of aryl methyl sites for hydroxylation is 2. The molecule has 0 aliphatic heterocycles. The number of hydrogen-bond donors (Lipinski definition) is 2. The van der Waals surface area contributed by atoms with E-state index in [-0.39, 0.29) is 95.3 Å². The van der Waals surface area contributed by atoms with Crippen molar-refractivity contribution in [2.24, 2.45) is 0 Å². The Bertz CT molecular complexity index is 2860. The number of carbonyl (C=O) groups is 3. The molecular weight excluding hydrogens is 1050 g/mol. The van der Waals surface area contributed by atoms with Gasteiger partial charge in [-0.15, -0.1) is 0 Å². The summed E-state index contributed by atoms with van der Waals surface area (Å²) in [4.78, 5) is 57.4. The third-order valence-corrected chi connectivity index (χ3v) is 14.0. The fraction of sp³-hybridized carbons (Fsp3) is 0.449. The van der Waals surface area contributed by atoms with E-state index in [1.807, 2.05) is 13.8 Å². The van der Waals surface area contributed by atoms with Gasteiger partial charge in [-0.1, -0.05) is 38.1 Å². The summed E-state index contributed by atoms with van der Waals surface area (Å²) in [6, 6.07) is 11.4. The van der Waals surface area contributed by atoms with Crippen LogP contribution in [0.4, 0.5) is 40.7 Å². The molecule has 76 heavy (non-hydrogen) atoms. The highest BCUT2D eigenvalue weighted by Crippen LogP contribution is 2.29. The Balaban J connectivity index is 0.950. The van der Waals surface area contributed by atoms with Gasteiger partial charge in [0.15, 0.2) is 13.2 Å². The third kappa shape index (κ3) is 15.7. The number of ether oxygens (including phenoxy) is 6. The highest BCUT2D eigenvalue weighted by Gasteiger charge is 2.31. The van der Waals surface area contributed by atoms with Crippen molar-refractivity contribution in [3.05, 3.63) is 94.6 Å². The summed E-state index contributed by atoms with van der Waals surface area (Å²) in [5.41, 5.74) is 3.88. The van der Waals surface area contributed by atoms with Crippen LogP contribution in [0.15, 0.2) is 71.2 Å². The number of nitrogens with zero attached hydrogens (tertiary/aromatic N) is 6. The molecule has 0 bridgehead atoms. The van der Waals surface area contributed by atoms with Gasteiger partial charge in [-0.2, -0.15) is 26.3 Å². The number of fused-ring (bicyclic) bond motifs is 2. The molecule has 2 N–H and O–H groups in total. The number of imidazole rings is 2. The lowest BCUT2D eigenvalue weighted by Gasteiger charge is -2.18. The van der Waals surface area contributed by atoms with E-state index >= 15 is 0 Å². The van der Waals surface area contributed by atoms with Crippen molar-refractivity contribution in [2.75, 3.05) is 52.7 Å².